The fourth-order valence-corrected chi connectivity index (χ4v) is 2.95. The smallest absolute Gasteiger partial charge is 0.251 e. The molecule has 0 saturated heterocycles. The zero-order valence-corrected chi connectivity index (χ0v) is 17.1. The molecular formula is C24H32N2O2. The van der Waals surface area contributed by atoms with Gasteiger partial charge in [0, 0.05) is 18.3 Å². The zero-order valence-electron chi connectivity index (χ0n) is 17.1. The van der Waals surface area contributed by atoms with Crippen LogP contribution >= 0.6 is 0 Å². The quantitative estimate of drug-likeness (QED) is 0.367. The van der Waals surface area contributed by atoms with Crippen LogP contribution < -0.4 is 10.1 Å². The lowest BCUT2D eigenvalue weighted by molar-refractivity contribution is 0.0953. The van der Waals surface area contributed by atoms with Crippen molar-refractivity contribution in [1.82, 2.24) is 5.32 Å². The molecule has 0 aliphatic carbocycles. The Morgan fingerprint density at radius 2 is 1.71 bits per heavy atom. The van der Waals surface area contributed by atoms with Crippen LogP contribution in [0.5, 0.6) is 5.75 Å². The first-order chi connectivity index (χ1) is 13.7. The first-order valence-electron chi connectivity index (χ1n) is 10.3. The molecule has 28 heavy (non-hydrogen) atoms. The number of carbonyl (C=O) groups is 1. The van der Waals surface area contributed by atoms with Gasteiger partial charge < -0.3 is 10.1 Å². The lowest BCUT2D eigenvalue weighted by Crippen LogP contribution is -2.24. The second-order valence-electron chi connectivity index (χ2n) is 6.96. The number of rotatable bonds is 12. The third-order valence-corrected chi connectivity index (χ3v) is 4.65. The van der Waals surface area contributed by atoms with Crippen LogP contribution in [-0.4, -0.2) is 25.8 Å². The standard InChI is InChI=1S/C24H32N2O2/c1-3-4-5-6-7-8-9-17-25-24(27)21-11-10-12-22(18-21)26-19-20-13-15-23(28-2)16-14-20/h10-16,18-19H,3-9,17H2,1-2H3,(H,25,27). The van der Waals surface area contributed by atoms with Gasteiger partial charge in [0.15, 0.2) is 0 Å². The monoisotopic (exact) mass is 380 g/mol. The molecular weight excluding hydrogens is 348 g/mol. The van der Waals surface area contributed by atoms with Gasteiger partial charge in [-0.3, -0.25) is 9.79 Å². The summed E-state index contributed by atoms with van der Waals surface area (Å²) in [6.45, 7) is 2.96. The highest BCUT2D eigenvalue weighted by atomic mass is 16.5. The third-order valence-electron chi connectivity index (χ3n) is 4.65. The summed E-state index contributed by atoms with van der Waals surface area (Å²) in [6.07, 6.45) is 10.5. The number of hydrogen-bond acceptors (Lipinski definition) is 3. The summed E-state index contributed by atoms with van der Waals surface area (Å²) in [5.74, 6) is 0.782. The topological polar surface area (TPSA) is 50.7 Å². The van der Waals surface area contributed by atoms with E-state index in [0.29, 0.717) is 5.56 Å². The van der Waals surface area contributed by atoms with E-state index in [9.17, 15) is 4.79 Å². The fraction of sp³-hybridized carbons (Fsp3) is 0.417. The zero-order chi connectivity index (χ0) is 20.0. The number of ether oxygens (including phenoxy) is 1. The predicted molar refractivity (Wildman–Crippen MR) is 117 cm³/mol. The van der Waals surface area contributed by atoms with E-state index < -0.39 is 0 Å². The van der Waals surface area contributed by atoms with Crippen molar-refractivity contribution in [2.75, 3.05) is 13.7 Å². The Morgan fingerprint density at radius 3 is 2.43 bits per heavy atom. The molecule has 1 N–H and O–H groups in total. The Morgan fingerprint density at radius 1 is 1.00 bits per heavy atom. The van der Waals surface area contributed by atoms with Gasteiger partial charge in [0.25, 0.3) is 5.91 Å². The molecule has 0 bridgehead atoms. The number of carbonyl (C=O) groups excluding carboxylic acids is 1. The fourth-order valence-electron chi connectivity index (χ4n) is 2.95. The van der Waals surface area contributed by atoms with Crippen LogP contribution in [0.1, 0.15) is 67.8 Å². The molecule has 0 aromatic heterocycles. The van der Waals surface area contributed by atoms with Crippen molar-refractivity contribution in [2.24, 2.45) is 4.99 Å². The minimum absolute atomic E-state index is 0.0347. The maximum Gasteiger partial charge on any atom is 0.251 e. The van der Waals surface area contributed by atoms with Crippen LogP contribution in [0.3, 0.4) is 0 Å². The van der Waals surface area contributed by atoms with Crippen molar-refractivity contribution in [3.63, 3.8) is 0 Å². The first kappa shape index (κ1) is 21.7. The number of nitrogens with zero attached hydrogens (tertiary/aromatic N) is 1. The summed E-state index contributed by atoms with van der Waals surface area (Å²) < 4.78 is 5.15. The van der Waals surface area contributed by atoms with E-state index in [1.165, 1.54) is 38.5 Å². The van der Waals surface area contributed by atoms with Gasteiger partial charge in [0.2, 0.25) is 0 Å². The van der Waals surface area contributed by atoms with Crippen LogP contribution in [0.4, 0.5) is 5.69 Å². The lowest BCUT2D eigenvalue weighted by Gasteiger charge is -2.06. The van der Waals surface area contributed by atoms with Crippen molar-refractivity contribution in [2.45, 2.75) is 51.9 Å². The number of aliphatic imine (C=N–C) groups is 1. The van der Waals surface area contributed by atoms with Crippen LogP contribution in [0.2, 0.25) is 0 Å². The molecule has 0 atom stereocenters. The van der Waals surface area contributed by atoms with Gasteiger partial charge in [-0.05, 0) is 54.4 Å². The number of hydrogen-bond donors (Lipinski definition) is 1. The molecule has 0 unspecified atom stereocenters. The average molecular weight is 381 g/mol. The van der Waals surface area contributed by atoms with Gasteiger partial charge in [0.1, 0.15) is 5.75 Å². The van der Waals surface area contributed by atoms with E-state index in [-0.39, 0.29) is 5.91 Å². The molecule has 2 aromatic carbocycles. The van der Waals surface area contributed by atoms with E-state index in [0.717, 1.165) is 30.0 Å². The molecule has 4 nitrogen and oxygen atoms in total. The van der Waals surface area contributed by atoms with E-state index in [4.69, 9.17) is 4.74 Å². The molecule has 2 aromatic rings. The molecule has 2 rings (SSSR count). The summed E-state index contributed by atoms with van der Waals surface area (Å²) in [5, 5.41) is 3.01. The molecule has 4 heteroatoms. The second kappa shape index (κ2) is 12.7. The first-order valence-corrected chi connectivity index (χ1v) is 10.3. The lowest BCUT2D eigenvalue weighted by atomic mass is 10.1. The maximum atomic E-state index is 12.3. The van der Waals surface area contributed by atoms with E-state index in [1.807, 2.05) is 48.5 Å². The molecule has 150 valence electrons. The van der Waals surface area contributed by atoms with Crippen LogP contribution in [-0.2, 0) is 0 Å². The van der Waals surface area contributed by atoms with E-state index in [1.54, 1.807) is 13.3 Å². The Hall–Kier alpha value is -2.62. The molecule has 0 aliphatic heterocycles. The second-order valence-corrected chi connectivity index (χ2v) is 6.96. The van der Waals surface area contributed by atoms with Gasteiger partial charge >= 0.3 is 0 Å². The number of nitrogens with one attached hydrogen (secondary N) is 1. The van der Waals surface area contributed by atoms with Crippen molar-refractivity contribution in [3.8, 4) is 5.75 Å². The number of unbranched alkanes of at least 4 members (excludes halogenated alkanes) is 6. The van der Waals surface area contributed by atoms with Gasteiger partial charge in [-0.25, -0.2) is 0 Å². The molecule has 0 aliphatic rings. The molecule has 0 saturated carbocycles. The minimum atomic E-state index is -0.0347. The average Bonchev–Trinajstić information content (AvgIpc) is 2.74. The summed E-state index contributed by atoms with van der Waals surface area (Å²) in [6, 6.07) is 15.1. The minimum Gasteiger partial charge on any atom is -0.497 e. The Balaban J connectivity index is 1.78. The Bertz CT molecular complexity index is 739. The van der Waals surface area contributed by atoms with E-state index >= 15 is 0 Å². The van der Waals surface area contributed by atoms with Gasteiger partial charge in [-0.1, -0.05) is 51.5 Å². The summed E-state index contributed by atoms with van der Waals surface area (Å²) in [5.41, 5.74) is 2.39. The van der Waals surface area contributed by atoms with Gasteiger partial charge in [-0.15, -0.1) is 0 Å². The van der Waals surface area contributed by atoms with E-state index in [2.05, 4.69) is 17.2 Å². The predicted octanol–water partition coefficient (Wildman–Crippen LogP) is 5.93. The maximum absolute atomic E-state index is 12.3. The highest BCUT2D eigenvalue weighted by Gasteiger charge is 2.05. The van der Waals surface area contributed by atoms with Gasteiger partial charge in [0.05, 0.1) is 12.8 Å². The highest BCUT2D eigenvalue weighted by molar-refractivity contribution is 5.95. The SMILES string of the molecule is CCCCCCCCCNC(=O)c1cccc(N=Cc2ccc(OC)cc2)c1. The van der Waals surface area contributed by atoms with Crippen LogP contribution in [0.15, 0.2) is 53.5 Å². The Labute approximate surface area is 169 Å². The number of benzene rings is 2. The highest BCUT2D eigenvalue weighted by Crippen LogP contribution is 2.15. The summed E-state index contributed by atoms with van der Waals surface area (Å²) in [4.78, 5) is 16.8. The molecule has 0 spiro atoms. The largest absolute Gasteiger partial charge is 0.497 e. The van der Waals surface area contributed by atoms with Crippen molar-refractivity contribution < 1.29 is 9.53 Å². The number of methoxy groups -OCH3 is 1. The van der Waals surface area contributed by atoms with Crippen LogP contribution in [0.25, 0.3) is 0 Å². The normalized spacial score (nSPS) is 10.9. The molecule has 0 fully saturated rings. The Kier molecular flexibility index (Phi) is 9.84. The molecule has 0 radical (unpaired) electrons. The third kappa shape index (κ3) is 7.95. The summed E-state index contributed by atoms with van der Waals surface area (Å²) in [7, 11) is 1.65. The van der Waals surface area contributed by atoms with Crippen molar-refractivity contribution >= 4 is 17.8 Å². The van der Waals surface area contributed by atoms with Gasteiger partial charge in [-0.2, -0.15) is 0 Å². The summed E-state index contributed by atoms with van der Waals surface area (Å²) >= 11 is 0. The van der Waals surface area contributed by atoms with Crippen molar-refractivity contribution in [1.29, 1.82) is 0 Å². The molecule has 0 heterocycles. The van der Waals surface area contributed by atoms with Crippen molar-refractivity contribution in [3.05, 3.63) is 59.7 Å². The molecule has 1 amide bonds. The number of amides is 1. The van der Waals surface area contributed by atoms with Crippen LogP contribution in [0, 0.1) is 0 Å².